The van der Waals surface area contributed by atoms with Crippen LogP contribution in [0.1, 0.15) is 18.1 Å². The molecule has 3 nitrogen and oxygen atoms in total. The van der Waals surface area contributed by atoms with E-state index in [1.807, 2.05) is 23.8 Å². The van der Waals surface area contributed by atoms with E-state index < -0.39 is 0 Å². The molecule has 0 radical (unpaired) electrons. The van der Waals surface area contributed by atoms with Crippen LogP contribution < -0.4 is 0 Å². The van der Waals surface area contributed by atoms with Crippen molar-refractivity contribution in [3.63, 3.8) is 0 Å². The minimum Gasteiger partial charge on any atom is -0.329 e. The molecule has 3 rings (SSSR count). The van der Waals surface area contributed by atoms with Gasteiger partial charge in [0.05, 0.1) is 11.2 Å². The molecule has 0 unspecified atom stereocenters. The fraction of sp³-hybridized carbons (Fsp3) is 0.200. The van der Waals surface area contributed by atoms with Crippen molar-refractivity contribution in [3.8, 4) is 5.69 Å². The fourth-order valence-electron chi connectivity index (χ4n) is 2.35. The first kappa shape index (κ1) is 12.1. The Morgan fingerprint density at radius 3 is 2.89 bits per heavy atom. The number of aromatic nitrogens is 3. The molecule has 19 heavy (non-hydrogen) atoms. The maximum absolute atomic E-state index is 5.45. The molecule has 3 aromatic rings. The summed E-state index contributed by atoms with van der Waals surface area (Å²) in [5, 5.41) is 0. The van der Waals surface area contributed by atoms with Gasteiger partial charge in [0.2, 0.25) is 0 Å². The molecule has 0 spiro atoms. The molecule has 1 aromatic carbocycles. The predicted molar refractivity (Wildman–Crippen MR) is 80.4 cm³/mol. The number of pyridine rings is 1. The maximum Gasteiger partial charge on any atom is 0.184 e. The van der Waals surface area contributed by atoms with Gasteiger partial charge in [0.15, 0.2) is 10.4 Å². The van der Waals surface area contributed by atoms with Crippen LogP contribution in [0.15, 0.2) is 36.5 Å². The van der Waals surface area contributed by atoms with Crippen molar-refractivity contribution < 1.29 is 0 Å². The average Bonchev–Trinajstić information content (AvgIpc) is 2.73. The summed E-state index contributed by atoms with van der Waals surface area (Å²) >= 11 is 5.45. The van der Waals surface area contributed by atoms with Gasteiger partial charge in [-0.1, -0.05) is 25.1 Å². The number of aryl methyl sites for hydroxylation is 2. The smallest absolute Gasteiger partial charge is 0.184 e. The predicted octanol–water partition coefficient (Wildman–Crippen LogP) is 3.95. The van der Waals surface area contributed by atoms with Gasteiger partial charge in [-0.25, -0.2) is 4.98 Å². The van der Waals surface area contributed by atoms with Crippen molar-refractivity contribution in [2.45, 2.75) is 20.3 Å². The highest BCUT2D eigenvalue weighted by Gasteiger charge is 2.10. The van der Waals surface area contributed by atoms with E-state index in [4.69, 9.17) is 12.2 Å². The maximum atomic E-state index is 5.45. The van der Waals surface area contributed by atoms with E-state index in [0.29, 0.717) is 4.77 Å². The van der Waals surface area contributed by atoms with Gasteiger partial charge in [0, 0.05) is 6.20 Å². The van der Waals surface area contributed by atoms with Crippen LogP contribution >= 0.6 is 12.2 Å². The second-order valence-electron chi connectivity index (χ2n) is 4.63. The summed E-state index contributed by atoms with van der Waals surface area (Å²) in [4.78, 5) is 7.75. The van der Waals surface area contributed by atoms with Crippen LogP contribution in [-0.4, -0.2) is 14.5 Å². The Morgan fingerprint density at radius 2 is 2.11 bits per heavy atom. The van der Waals surface area contributed by atoms with E-state index in [0.717, 1.165) is 28.8 Å². The molecule has 2 aromatic heterocycles. The molecule has 0 saturated heterocycles. The van der Waals surface area contributed by atoms with E-state index >= 15 is 0 Å². The molecule has 0 saturated carbocycles. The van der Waals surface area contributed by atoms with Crippen LogP contribution in [0.2, 0.25) is 0 Å². The normalized spacial score (nSPS) is 11.1. The van der Waals surface area contributed by atoms with Gasteiger partial charge in [0.25, 0.3) is 0 Å². The molecular weight excluding hydrogens is 254 g/mol. The van der Waals surface area contributed by atoms with Crippen LogP contribution in [-0.2, 0) is 6.42 Å². The largest absolute Gasteiger partial charge is 0.329 e. The molecule has 0 amide bonds. The second kappa shape index (κ2) is 4.63. The first-order valence-electron chi connectivity index (χ1n) is 6.36. The minimum absolute atomic E-state index is 0.689. The van der Waals surface area contributed by atoms with E-state index in [2.05, 4.69) is 41.2 Å². The van der Waals surface area contributed by atoms with E-state index in [1.165, 1.54) is 5.56 Å². The summed E-state index contributed by atoms with van der Waals surface area (Å²) < 4.78 is 2.71. The standard InChI is InChI=1S/C15H15N3S/c1-3-11-6-4-5-7-13(11)18-14-12(17-15(18)19)8-10(2)9-16-14/h4-9H,3H2,1-2H3,(H,17,19). The lowest BCUT2D eigenvalue weighted by Crippen LogP contribution is -1.99. The molecule has 2 heterocycles. The number of nitrogens with one attached hydrogen (secondary N) is 1. The number of nitrogens with zero attached hydrogens (tertiary/aromatic N) is 2. The van der Waals surface area contributed by atoms with Crippen molar-refractivity contribution in [1.82, 2.24) is 14.5 Å². The number of aromatic amines is 1. The lowest BCUT2D eigenvalue weighted by Gasteiger charge is -2.09. The molecule has 0 aliphatic rings. The molecule has 0 aliphatic carbocycles. The summed E-state index contributed by atoms with van der Waals surface area (Å²) in [6.07, 6.45) is 2.84. The van der Waals surface area contributed by atoms with E-state index in [-0.39, 0.29) is 0 Å². The molecule has 4 heteroatoms. The van der Waals surface area contributed by atoms with Crippen molar-refractivity contribution in [2.24, 2.45) is 0 Å². The zero-order valence-corrected chi connectivity index (χ0v) is 11.8. The first-order valence-corrected chi connectivity index (χ1v) is 6.77. The topological polar surface area (TPSA) is 33.6 Å². The third-order valence-corrected chi connectivity index (χ3v) is 3.56. The lowest BCUT2D eigenvalue weighted by atomic mass is 10.1. The lowest BCUT2D eigenvalue weighted by molar-refractivity contribution is 0.997. The number of para-hydroxylation sites is 1. The van der Waals surface area contributed by atoms with Crippen molar-refractivity contribution in [2.75, 3.05) is 0 Å². The second-order valence-corrected chi connectivity index (χ2v) is 5.02. The quantitative estimate of drug-likeness (QED) is 0.715. The highest BCUT2D eigenvalue weighted by Crippen LogP contribution is 2.21. The Hall–Kier alpha value is -1.94. The molecular formula is C15H15N3S. The Kier molecular flexibility index (Phi) is 2.95. The number of imidazole rings is 1. The number of rotatable bonds is 2. The number of fused-ring (bicyclic) bond motifs is 1. The summed E-state index contributed by atoms with van der Waals surface area (Å²) in [6.45, 7) is 4.18. The SMILES string of the molecule is CCc1ccccc1-n1c(=S)[nH]c2cc(C)cnc21. The van der Waals surface area contributed by atoms with Gasteiger partial charge in [0.1, 0.15) is 0 Å². The third kappa shape index (κ3) is 1.98. The van der Waals surface area contributed by atoms with Crippen LogP contribution in [0, 0.1) is 11.7 Å². The zero-order chi connectivity index (χ0) is 13.4. The molecule has 0 fully saturated rings. The van der Waals surface area contributed by atoms with E-state index in [9.17, 15) is 0 Å². The summed E-state index contributed by atoms with van der Waals surface area (Å²) in [7, 11) is 0. The number of hydrogen-bond acceptors (Lipinski definition) is 2. The number of hydrogen-bond donors (Lipinski definition) is 1. The van der Waals surface area contributed by atoms with Gasteiger partial charge in [-0.3, -0.25) is 4.57 Å². The van der Waals surface area contributed by atoms with Gasteiger partial charge >= 0.3 is 0 Å². The van der Waals surface area contributed by atoms with Crippen LogP contribution in [0.3, 0.4) is 0 Å². The molecule has 96 valence electrons. The minimum atomic E-state index is 0.689. The van der Waals surface area contributed by atoms with Gasteiger partial charge in [-0.2, -0.15) is 0 Å². The Balaban J connectivity index is 2.36. The Labute approximate surface area is 116 Å². The highest BCUT2D eigenvalue weighted by atomic mass is 32.1. The first-order chi connectivity index (χ1) is 9.20. The van der Waals surface area contributed by atoms with Crippen molar-refractivity contribution >= 4 is 23.4 Å². The molecule has 0 atom stereocenters. The third-order valence-electron chi connectivity index (χ3n) is 3.27. The number of benzene rings is 1. The van der Waals surface area contributed by atoms with E-state index in [1.54, 1.807) is 0 Å². The van der Waals surface area contributed by atoms with Crippen LogP contribution in [0.25, 0.3) is 16.9 Å². The van der Waals surface area contributed by atoms with Gasteiger partial charge in [-0.15, -0.1) is 0 Å². The van der Waals surface area contributed by atoms with Crippen molar-refractivity contribution in [1.29, 1.82) is 0 Å². The molecule has 1 N–H and O–H groups in total. The summed E-state index contributed by atoms with van der Waals surface area (Å²) in [5.41, 5.74) is 5.37. The summed E-state index contributed by atoms with van der Waals surface area (Å²) in [5.74, 6) is 0. The summed E-state index contributed by atoms with van der Waals surface area (Å²) in [6, 6.07) is 10.4. The van der Waals surface area contributed by atoms with Crippen LogP contribution in [0.5, 0.6) is 0 Å². The van der Waals surface area contributed by atoms with Gasteiger partial charge in [-0.05, 0) is 48.8 Å². The Bertz CT molecular complexity index is 799. The fourth-order valence-corrected chi connectivity index (χ4v) is 2.65. The molecule has 0 aliphatic heterocycles. The molecule has 0 bridgehead atoms. The average molecular weight is 269 g/mol. The van der Waals surface area contributed by atoms with Gasteiger partial charge < -0.3 is 4.98 Å². The van der Waals surface area contributed by atoms with Crippen LogP contribution in [0.4, 0.5) is 0 Å². The monoisotopic (exact) mass is 269 g/mol. The highest BCUT2D eigenvalue weighted by molar-refractivity contribution is 7.71. The number of H-pyrrole nitrogens is 1. The Morgan fingerprint density at radius 1 is 1.32 bits per heavy atom. The van der Waals surface area contributed by atoms with Crippen molar-refractivity contribution in [3.05, 3.63) is 52.4 Å². The zero-order valence-electron chi connectivity index (χ0n) is 11.0.